The van der Waals surface area contributed by atoms with Crippen LogP contribution in [0, 0.1) is 6.92 Å². The molecule has 1 unspecified atom stereocenters. The third kappa shape index (κ3) is 3.80. The van der Waals surface area contributed by atoms with Crippen LogP contribution in [0.1, 0.15) is 30.5 Å². The molecule has 1 aromatic carbocycles. The standard InChI is InChI=1S/C14H24N2O/c1-3-16(9-6-10-17)14(11-15)13-8-5-4-7-12(13)2/h4-5,7-8,14,17H,3,6,9-11,15H2,1-2H3. The fourth-order valence-electron chi connectivity index (χ4n) is 2.24. The van der Waals surface area contributed by atoms with Crippen LogP contribution < -0.4 is 5.73 Å². The van der Waals surface area contributed by atoms with E-state index in [-0.39, 0.29) is 12.6 Å². The van der Waals surface area contributed by atoms with Crippen molar-refractivity contribution >= 4 is 0 Å². The number of hydrogen-bond donors (Lipinski definition) is 2. The molecule has 0 saturated heterocycles. The predicted octanol–water partition coefficient (Wildman–Crippen LogP) is 1.70. The van der Waals surface area contributed by atoms with Crippen molar-refractivity contribution in [3.05, 3.63) is 35.4 Å². The predicted molar refractivity (Wildman–Crippen MR) is 71.9 cm³/mol. The van der Waals surface area contributed by atoms with Gasteiger partial charge in [0.15, 0.2) is 0 Å². The van der Waals surface area contributed by atoms with Crippen molar-refractivity contribution in [2.45, 2.75) is 26.3 Å². The Morgan fingerprint density at radius 3 is 2.59 bits per heavy atom. The first-order valence-electron chi connectivity index (χ1n) is 6.35. The van der Waals surface area contributed by atoms with Crippen molar-refractivity contribution in [3.8, 4) is 0 Å². The molecule has 0 amide bonds. The number of nitrogens with zero attached hydrogens (tertiary/aromatic N) is 1. The maximum atomic E-state index is 8.93. The topological polar surface area (TPSA) is 49.5 Å². The van der Waals surface area contributed by atoms with Crippen LogP contribution in [0.5, 0.6) is 0 Å². The largest absolute Gasteiger partial charge is 0.396 e. The monoisotopic (exact) mass is 236 g/mol. The molecule has 0 aliphatic heterocycles. The average Bonchev–Trinajstić information content (AvgIpc) is 2.36. The molecule has 0 aliphatic rings. The summed E-state index contributed by atoms with van der Waals surface area (Å²) >= 11 is 0. The van der Waals surface area contributed by atoms with Crippen molar-refractivity contribution < 1.29 is 5.11 Å². The molecule has 0 radical (unpaired) electrons. The van der Waals surface area contributed by atoms with E-state index in [0.29, 0.717) is 6.54 Å². The van der Waals surface area contributed by atoms with Crippen molar-refractivity contribution in [1.29, 1.82) is 0 Å². The second-order valence-electron chi connectivity index (χ2n) is 4.31. The lowest BCUT2D eigenvalue weighted by Gasteiger charge is -2.31. The number of likely N-dealkylation sites (N-methyl/N-ethyl adjacent to an activating group) is 1. The van der Waals surface area contributed by atoms with E-state index < -0.39 is 0 Å². The van der Waals surface area contributed by atoms with Crippen LogP contribution in [0.2, 0.25) is 0 Å². The first-order chi connectivity index (χ1) is 8.24. The lowest BCUT2D eigenvalue weighted by atomic mass is 10.00. The summed E-state index contributed by atoms with van der Waals surface area (Å²) in [5, 5.41) is 8.93. The Balaban J connectivity index is 2.85. The number of aryl methyl sites for hydroxylation is 1. The maximum absolute atomic E-state index is 8.93. The van der Waals surface area contributed by atoms with Crippen LogP contribution in [0.25, 0.3) is 0 Å². The summed E-state index contributed by atoms with van der Waals surface area (Å²) in [5.74, 6) is 0. The zero-order valence-electron chi connectivity index (χ0n) is 10.9. The van der Waals surface area contributed by atoms with Gasteiger partial charge in [0.2, 0.25) is 0 Å². The molecule has 0 bridgehead atoms. The van der Waals surface area contributed by atoms with Gasteiger partial charge < -0.3 is 10.8 Å². The fourth-order valence-corrected chi connectivity index (χ4v) is 2.24. The van der Waals surface area contributed by atoms with E-state index >= 15 is 0 Å². The fraction of sp³-hybridized carbons (Fsp3) is 0.571. The van der Waals surface area contributed by atoms with Gasteiger partial charge in [-0.1, -0.05) is 31.2 Å². The summed E-state index contributed by atoms with van der Waals surface area (Å²) in [7, 11) is 0. The van der Waals surface area contributed by atoms with Crippen LogP contribution >= 0.6 is 0 Å². The second kappa shape index (κ2) is 7.43. The molecule has 0 aliphatic carbocycles. The number of hydrogen-bond acceptors (Lipinski definition) is 3. The maximum Gasteiger partial charge on any atom is 0.0472 e. The number of rotatable bonds is 7. The highest BCUT2D eigenvalue weighted by atomic mass is 16.3. The van der Waals surface area contributed by atoms with Gasteiger partial charge in [0.05, 0.1) is 0 Å². The molecule has 1 aromatic rings. The number of nitrogens with two attached hydrogens (primary N) is 1. The number of aliphatic hydroxyl groups is 1. The molecule has 17 heavy (non-hydrogen) atoms. The molecular formula is C14H24N2O. The van der Waals surface area contributed by atoms with Gasteiger partial charge in [-0.2, -0.15) is 0 Å². The lowest BCUT2D eigenvalue weighted by Crippen LogP contribution is -2.35. The van der Waals surface area contributed by atoms with E-state index in [2.05, 4.69) is 43.0 Å². The lowest BCUT2D eigenvalue weighted by molar-refractivity contribution is 0.184. The molecule has 96 valence electrons. The van der Waals surface area contributed by atoms with Crippen LogP contribution in [0.15, 0.2) is 24.3 Å². The summed E-state index contributed by atoms with van der Waals surface area (Å²) in [6.45, 7) is 6.96. The zero-order chi connectivity index (χ0) is 12.7. The molecule has 0 spiro atoms. The highest BCUT2D eigenvalue weighted by molar-refractivity contribution is 5.29. The summed E-state index contributed by atoms with van der Waals surface area (Å²) in [6, 6.07) is 8.64. The third-order valence-corrected chi connectivity index (χ3v) is 3.22. The SMILES string of the molecule is CCN(CCCO)C(CN)c1ccccc1C. The summed E-state index contributed by atoms with van der Waals surface area (Å²) in [6.07, 6.45) is 0.802. The van der Waals surface area contributed by atoms with E-state index in [9.17, 15) is 0 Å². The van der Waals surface area contributed by atoms with E-state index in [1.165, 1.54) is 11.1 Å². The quantitative estimate of drug-likeness (QED) is 0.757. The molecular weight excluding hydrogens is 212 g/mol. The van der Waals surface area contributed by atoms with E-state index in [1.807, 2.05) is 0 Å². The van der Waals surface area contributed by atoms with Gasteiger partial charge in [-0.3, -0.25) is 4.90 Å². The Hall–Kier alpha value is -0.900. The van der Waals surface area contributed by atoms with Crippen molar-refractivity contribution in [1.82, 2.24) is 4.90 Å². The summed E-state index contributed by atoms with van der Waals surface area (Å²) < 4.78 is 0. The molecule has 3 nitrogen and oxygen atoms in total. The minimum atomic E-state index is 0.238. The Morgan fingerprint density at radius 2 is 2.06 bits per heavy atom. The van der Waals surface area contributed by atoms with Gasteiger partial charge in [0.25, 0.3) is 0 Å². The van der Waals surface area contributed by atoms with Gasteiger partial charge in [0.1, 0.15) is 0 Å². The molecule has 0 saturated carbocycles. The Bertz CT molecular complexity index is 328. The smallest absolute Gasteiger partial charge is 0.0472 e. The summed E-state index contributed by atoms with van der Waals surface area (Å²) in [4.78, 5) is 2.33. The highest BCUT2D eigenvalue weighted by Crippen LogP contribution is 2.22. The van der Waals surface area contributed by atoms with E-state index in [4.69, 9.17) is 10.8 Å². The molecule has 3 heteroatoms. The second-order valence-corrected chi connectivity index (χ2v) is 4.31. The normalized spacial score (nSPS) is 13.0. The molecule has 0 aromatic heterocycles. The first-order valence-corrected chi connectivity index (χ1v) is 6.35. The van der Waals surface area contributed by atoms with Crippen LogP contribution in [-0.2, 0) is 0 Å². The number of aliphatic hydroxyl groups excluding tert-OH is 1. The number of benzene rings is 1. The Kier molecular flexibility index (Phi) is 6.19. The van der Waals surface area contributed by atoms with Crippen LogP contribution in [0.3, 0.4) is 0 Å². The van der Waals surface area contributed by atoms with Crippen LogP contribution in [-0.4, -0.2) is 36.2 Å². The van der Waals surface area contributed by atoms with Gasteiger partial charge in [-0.15, -0.1) is 0 Å². The zero-order valence-corrected chi connectivity index (χ0v) is 10.9. The molecule has 0 fully saturated rings. The van der Waals surface area contributed by atoms with E-state index in [0.717, 1.165) is 19.5 Å². The molecule has 1 rings (SSSR count). The van der Waals surface area contributed by atoms with Crippen LogP contribution in [0.4, 0.5) is 0 Å². The minimum absolute atomic E-state index is 0.238. The Labute approximate surface area is 104 Å². The van der Waals surface area contributed by atoms with Gasteiger partial charge in [-0.05, 0) is 31.0 Å². The molecule has 1 atom stereocenters. The highest BCUT2D eigenvalue weighted by Gasteiger charge is 2.18. The van der Waals surface area contributed by atoms with Gasteiger partial charge in [-0.25, -0.2) is 0 Å². The van der Waals surface area contributed by atoms with E-state index in [1.54, 1.807) is 0 Å². The average molecular weight is 236 g/mol. The van der Waals surface area contributed by atoms with Gasteiger partial charge in [0, 0.05) is 25.7 Å². The summed E-state index contributed by atoms with van der Waals surface area (Å²) in [5.41, 5.74) is 8.50. The van der Waals surface area contributed by atoms with Crippen molar-refractivity contribution in [3.63, 3.8) is 0 Å². The minimum Gasteiger partial charge on any atom is -0.396 e. The first kappa shape index (κ1) is 14.2. The third-order valence-electron chi connectivity index (χ3n) is 3.22. The molecule has 3 N–H and O–H groups in total. The van der Waals surface area contributed by atoms with Gasteiger partial charge >= 0.3 is 0 Å². The molecule has 0 heterocycles. The Morgan fingerprint density at radius 1 is 1.35 bits per heavy atom. The van der Waals surface area contributed by atoms with Crippen molar-refractivity contribution in [2.24, 2.45) is 5.73 Å². The van der Waals surface area contributed by atoms with Crippen molar-refractivity contribution in [2.75, 3.05) is 26.2 Å².